The van der Waals surface area contributed by atoms with Crippen LogP contribution in [0.2, 0.25) is 0 Å². The second-order valence-corrected chi connectivity index (χ2v) is 9.54. The zero-order chi connectivity index (χ0) is 30.7. The second-order valence-electron chi connectivity index (χ2n) is 8.68. The Labute approximate surface area is 242 Å². The molecule has 0 spiro atoms. The molecule has 0 saturated carbocycles. The van der Waals surface area contributed by atoms with E-state index >= 15 is 0 Å². The van der Waals surface area contributed by atoms with Gasteiger partial charge < -0.3 is 15.2 Å². The molecule has 1 amide bonds. The van der Waals surface area contributed by atoms with Crippen molar-refractivity contribution in [2.75, 3.05) is 11.9 Å². The smallest absolute Gasteiger partial charge is 0.481 e. The molecule has 0 aliphatic heterocycles. The van der Waals surface area contributed by atoms with E-state index in [0.717, 1.165) is 12.1 Å². The number of nitrogens with one attached hydrogen (secondary N) is 2. The first-order valence-electron chi connectivity index (χ1n) is 11.9. The van der Waals surface area contributed by atoms with Crippen molar-refractivity contribution in [3.8, 4) is 28.4 Å². The Morgan fingerprint density at radius 1 is 0.952 bits per heavy atom. The van der Waals surface area contributed by atoms with Gasteiger partial charge in [-0.3, -0.25) is 14.9 Å². The molecule has 4 rings (SSSR count). The molecule has 0 aliphatic carbocycles. The van der Waals surface area contributed by atoms with Gasteiger partial charge in [-0.15, -0.1) is 5.10 Å². The average molecular weight is 657 g/mol. The van der Waals surface area contributed by atoms with Gasteiger partial charge in [0, 0.05) is 28.5 Å². The molecular formula is C27H19BrF6N4O4. The van der Waals surface area contributed by atoms with Crippen LogP contribution in [0, 0.1) is 0 Å². The van der Waals surface area contributed by atoms with E-state index in [9.17, 15) is 35.9 Å². The van der Waals surface area contributed by atoms with Crippen LogP contribution in [-0.2, 0) is 11.0 Å². The summed E-state index contributed by atoms with van der Waals surface area (Å²) < 4.78 is 84.8. The standard InChI is InChI=1S/C27H19BrF6N4O4/c28-21-13-17(26(29,30)31)5-10-22(21)38-14-20(15-1-6-18(7-2-15)36-27(32,33)34)25(37-38)42-19-8-3-16(4-9-19)24(41)35-12-11-23(39)40/h1-10,13-14,36H,11-12H2,(H,35,41)(H,39,40). The first kappa shape index (κ1) is 30.4. The van der Waals surface area contributed by atoms with Crippen LogP contribution in [0.15, 0.2) is 77.4 Å². The normalized spacial score (nSPS) is 11.7. The monoisotopic (exact) mass is 656 g/mol. The van der Waals surface area contributed by atoms with Gasteiger partial charge >= 0.3 is 18.4 Å². The number of carbonyl (C=O) groups is 2. The Hall–Kier alpha value is -4.53. The molecule has 15 heteroatoms. The van der Waals surface area contributed by atoms with Crippen molar-refractivity contribution in [3.63, 3.8) is 0 Å². The molecule has 1 heterocycles. The van der Waals surface area contributed by atoms with Crippen LogP contribution in [0.1, 0.15) is 22.3 Å². The molecule has 0 unspecified atom stereocenters. The zero-order valence-electron chi connectivity index (χ0n) is 21.1. The predicted molar refractivity (Wildman–Crippen MR) is 142 cm³/mol. The summed E-state index contributed by atoms with van der Waals surface area (Å²) >= 11 is 3.13. The molecule has 0 aliphatic rings. The van der Waals surface area contributed by atoms with Crippen molar-refractivity contribution in [3.05, 3.63) is 88.5 Å². The summed E-state index contributed by atoms with van der Waals surface area (Å²) in [5, 5.41) is 16.9. The van der Waals surface area contributed by atoms with Crippen molar-refractivity contribution >= 4 is 33.5 Å². The van der Waals surface area contributed by atoms with Gasteiger partial charge in [0.1, 0.15) is 5.75 Å². The lowest BCUT2D eigenvalue weighted by molar-refractivity contribution is -0.138. The molecule has 220 valence electrons. The molecule has 1 aromatic heterocycles. The largest absolute Gasteiger partial charge is 0.482 e. The summed E-state index contributed by atoms with van der Waals surface area (Å²) in [5.41, 5.74) is 0.0330. The second kappa shape index (κ2) is 12.1. The summed E-state index contributed by atoms with van der Waals surface area (Å²) in [6, 6.07) is 13.8. The van der Waals surface area contributed by atoms with Gasteiger partial charge in [0.2, 0.25) is 5.88 Å². The highest BCUT2D eigenvalue weighted by atomic mass is 79.9. The molecule has 0 radical (unpaired) electrons. The highest BCUT2D eigenvalue weighted by Gasteiger charge is 2.31. The molecule has 42 heavy (non-hydrogen) atoms. The highest BCUT2D eigenvalue weighted by molar-refractivity contribution is 9.10. The van der Waals surface area contributed by atoms with Crippen LogP contribution in [0.25, 0.3) is 16.8 Å². The van der Waals surface area contributed by atoms with Gasteiger partial charge in [-0.25, -0.2) is 4.68 Å². The average Bonchev–Trinajstić information content (AvgIpc) is 3.31. The van der Waals surface area contributed by atoms with Gasteiger partial charge in [0.05, 0.1) is 23.2 Å². The van der Waals surface area contributed by atoms with Crippen molar-refractivity contribution in [1.82, 2.24) is 15.1 Å². The molecule has 3 aromatic carbocycles. The van der Waals surface area contributed by atoms with Crippen molar-refractivity contribution in [1.29, 1.82) is 0 Å². The van der Waals surface area contributed by atoms with Gasteiger partial charge in [-0.05, 0) is 76.1 Å². The fourth-order valence-electron chi connectivity index (χ4n) is 3.69. The third-order valence-electron chi connectivity index (χ3n) is 5.64. The number of hydrogen-bond acceptors (Lipinski definition) is 5. The molecule has 0 bridgehead atoms. The highest BCUT2D eigenvalue weighted by Crippen LogP contribution is 2.37. The van der Waals surface area contributed by atoms with Crippen LogP contribution in [-0.4, -0.2) is 39.6 Å². The number of aliphatic carboxylic acids is 1. The Morgan fingerprint density at radius 2 is 1.62 bits per heavy atom. The Balaban J connectivity index is 1.66. The third-order valence-corrected chi connectivity index (χ3v) is 6.27. The van der Waals surface area contributed by atoms with E-state index in [1.54, 1.807) is 0 Å². The lowest BCUT2D eigenvalue weighted by atomic mass is 10.1. The number of alkyl halides is 6. The molecule has 8 nitrogen and oxygen atoms in total. The lowest BCUT2D eigenvalue weighted by Gasteiger charge is -2.10. The zero-order valence-corrected chi connectivity index (χ0v) is 22.6. The van der Waals surface area contributed by atoms with Crippen LogP contribution in [0.4, 0.5) is 32.0 Å². The first-order chi connectivity index (χ1) is 19.7. The van der Waals surface area contributed by atoms with E-state index in [4.69, 9.17) is 9.84 Å². The maximum absolute atomic E-state index is 13.2. The van der Waals surface area contributed by atoms with Crippen molar-refractivity contribution < 1.29 is 45.8 Å². The van der Waals surface area contributed by atoms with E-state index in [2.05, 4.69) is 26.3 Å². The van der Waals surface area contributed by atoms with E-state index in [-0.39, 0.29) is 46.0 Å². The van der Waals surface area contributed by atoms with Crippen molar-refractivity contribution in [2.24, 2.45) is 0 Å². The summed E-state index contributed by atoms with van der Waals surface area (Å²) in [7, 11) is 0. The molecule has 0 saturated heterocycles. The Morgan fingerprint density at radius 3 is 2.19 bits per heavy atom. The number of carbonyl (C=O) groups excluding carboxylic acids is 1. The minimum absolute atomic E-state index is 0.0306. The number of ether oxygens (including phenoxy) is 1. The maximum Gasteiger partial charge on any atom is 0.482 e. The number of nitrogens with zero attached hydrogens (tertiary/aromatic N) is 2. The minimum Gasteiger partial charge on any atom is -0.481 e. The first-order valence-corrected chi connectivity index (χ1v) is 12.7. The fourth-order valence-corrected chi connectivity index (χ4v) is 4.25. The van der Waals surface area contributed by atoms with E-state index in [1.165, 1.54) is 70.8 Å². The molecule has 0 atom stereocenters. The number of aromatic nitrogens is 2. The topological polar surface area (TPSA) is 105 Å². The number of benzene rings is 3. The minimum atomic E-state index is -4.64. The van der Waals surface area contributed by atoms with Gasteiger partial charge in [0.15, 0.2) is 0 Å². The van der Waals surface area contributed by atoms with Gasteiger partial charge in [0.25, 0.3) is 5.91 Å². The van der Waals surface area contributed by atoms with Crippen LogP contribution < -0.4 is 15.4 Å². The van der Waals surface area contributed by atoms with E-state index < -0.39 is 29.9 Å². The fraction of sp³-hybridized carbons (Fsp3) is 0.148. The third kappa shape index (κ3) is 7.81. The number of amides is 1. The quantitative estimate of drug-likeness (QED) is 0.129. The van der Waals surface area contributed by atoms with E-state index in [1.807, 2.05) is 0 Å². The van der Waals surface area contributed by atoms with Crippen LogP contribution >= 0.6 is 15.9 Å². The van der Waals surface area contributed by atoms with Gasteiger partial charge in [-0.1, -0.05) is 12.1 Å². The molecule has 4 aromatic rings. The number of halogens is 7. The van der Waals surface area contributed by atoms with Gasteiger partial charge in [-0.2, -0.15) is 26.3 Å². The summed E-state index contributed by atoms with van der Waals surface area (Å²) in [4.78, 5) is 22.8. The summed E-state index contributed by atoms with van der Waals surface area (Å²) in [6.45, 7) is -0.0655. The Kier molecular flexibility index (Phi) is 8.80. The number of carboxylic acid groups (broad SMARTS) is 1. The summed E-state index contributed by atoms with van der Waals surface area (Å²) in [5.74, 6) is -1.39. The molecule has 0 fully saturated rings. The van der Waals surface area contributed by atoms with E-state index in [0.29, 0.717) is 11.1 Å². The number of carboxylic acids is 1. The van der Waals surface area contributed by atoms with Crippen LogP contribution in [0.3, 0.4) is 0 Å². The summed E-state index contributed by atoms with van der Waals surface area (Å²) in [6.07, 6.45) is -8.02. The molecular weight excluding hydrogens is 638 g/mol. The van der Waals surface area contributed by atoms with Crippen molar-refractivity contribution in [2.45, 2.75) is 18.9 Å². The number of anilines is 1. The molecule has 3 N–H and O–H groups in total. The number of hydrogen-bond donors (Lipinski definition) is 3. The SMILES string of the molecule is O=C(O)CCNC(=O)c1ccc(Oc2nn(-c3ccc(C(F)(F)F)cc3Br)cc2-c2ccc(NC(F)(F)F)cc2)cc1. The predicted octanol–water partition coefficient (Wildman–Crippen LogP) is 7.25. The maximum atomic E-state index is 13.2. The number of rotatable bonds is 9. The Bertz CT molecular complexity index is 1590. The lowest BCUT2D eigenvalue weighted by Crippen LogP contribution is -2.25. The van der Waals surface area contributed by atoms with Crippen LogP contribution in [0.5, 0.6) is 11.6 Å².